The van der Waals surface area contributed by atoms with Gasteiger partial charge in [-0.2, -0.15) is 0 Å². The summed E-state index contributed by atoms with van der Waals surface area (Å²) in [6, 6.07) is 22.2. The Labute approximate surface area is 223 Å². The third kappa shape index (κ3) is 5.16. The quantitative estimate of drug-likeness (QED) is 0.364. The molecule has 3 heterocycles. The molecule has 3 aromatic carbocycles. The van der Waals surface area contributed by atoms with Crippen LogP contribution in [-0.2, 0) is 28.4 Å². The Morgan fingerprint density at radius 1 is 0.500 bits per heavy atom. The minimum atomic E-state index is -0.680. The van der Waals surface area contributed by atoms with E-state index in [0.29, 0.717) is 15.1 Å². The highest BCUT2D eigenvalue weighted by Gasteiger charge is 2.50. The zero-order valence-corrected chi connectivity index (χ0v) is 21.2. The highest BCUT2D eigenvalue weighted by Crippen LogP contribution is 2.42. The van der Waals surface area contributed by atoms with E-state index in [9.17, 15) is 0 Å². The molecule has 0 aliphatic carbocycles. The summed E-state index contributed by atoms with van der Waals surface area (Å²) in [7, 11) is 0. The second-order valence-electron chi connectivity index (χ2n) is 8.88. The molecule has 0 aromatic heterocycles. The maximum atomic E-state index is 6.48. The fourth-order valence-corrected chi connectivity index (χ4v) is 5.32. The summed E-state index contributed by atoms with van der Waals surface area (Å²) in [5.74, 6) is 0. The standard InChI is InChI=1S/C27H23Cl3O6/c28-18-7-1-4-15(10-18)25-31-14-22-24(36-27(34-22)17-6-3-9-20(30)12-17)23-21(33-25)13-32-26(35-23)16-5-2-8-19(29)11-16/h1-12,21-27H,13-14H2/t21-,22+,23+,24+,25?,26?,27?/m1/s1. The molecule has 0 bridgehead atoms. The minimum Gasteiger partial charge on any atom is -0.346 e. The van der Waals surface area contributed by atoms with Gasteiger partial charge < -0.3 is 28.4 Å². The van der Waals surface area contributed by atoms with Crippen LogP contribution in [0.1, 0.15) is 35.6 Å². The van der Waals surface area contributed by atoms with E-state index in [1.54, 1.807) is 6.07 Å². The maximum Gasteiger partial charge on any atom is 0.185 e. The predicted octanol–water partition coefficient (Wildman–Crippen LogP) is 6.66. The zero-order valence-electron chi connectivity index (χ0n) is 19.0. The van der Waals surface area contributed by atoms with Crippen molar-refractivity contribution in [3.63, 3.8) is 0 Å². The van der Waals surface area contributed by atoms with Gasteiger partial charge in [0.1, 0.15) is 24.4 Å². The van der Waals surface area contributed by atoms with Gasteiger partial charge in [-0.3, -0.25) is 0 Å². The van der Waals surface area contributed by atoms with Crippen LogP contribution in [0, 0.1) is 0 Å². The van der Waals surface area contributed by atoms with Gasteiger partial charge >= 0.3 is 0 Å². The van der Waals surface area contributed by atoms with Crippen molar-refractivity contribution < 1.29 is 28.4 Å². The summed E-state index contributed by atoms with van der Waals surface area (Å²) in [5.41, 5.74) is 2.42. The minimum absolute atomic E-state index is 0.230. The lowest BCUT2D eigenvalue weighted by Crippen LogP contribution is -2.54. The topological polar surface area (TPSA) is 55.4 Å². The molecular formula is C27H23Cl3O6. The normalized spacial score (nSPS) is 32.2. The molecule has 3 fully saturated rings. The summed E-state index contributed by atoms with van der Waals surface area (Å²) in [5, 5.41) is 1.80. The molecule has 3 saturated heterocycles. The van der Waals surface area contributed by atoms with Gasteiger partial charge in [0.15, 0.2) is 18.9 Å². The van der Waals surface area contributed by atoms with Crippen LogP contribution >= 0.6 is 34.8 Å². The van der Waals surface area contributed by atoms with E-state index in [1.807, 2.05) is 66.7 Å². The number of benzene rings is 3. The Morgan fingerprint density at radius 2 is 0.889 bits per heavy atom. The Hall–Kier alpha value is -1.71. The summed E-state index contributed by atoms with van der Waals surface area (Å²) in [4.78, 5) is 0. The molecule has 3 unspecified atom stereocenters. The predicted molar refractivity (Wildman–Crippen MR) is 134 cm³/mol. The number of ether oxygens (including phenoxy) is 6. The molecule has 3 aliphatic heterocycles. The van der Waals surface area contributed by atoms with Crippen LogP contribution in [0.25, 0.3) is 0 Å². The maximum absolute atomic E-state index is 6.48. The molecule has 0 spiro atoms. The summed E-state index contributed by atoms with van der Waals surface area (Å²) < 4.78 is 37.9. The Balaban J connectivity index is 1.31. The third-order valence-corrected chi connectivity index (χ3v) is 7.11. The van der Waals surface area contributed by atoms with E-state index in [-0.39, 0.29) is 13.2 Å². The van der Waals surface area contributed by atoms with Crippen molar-refractivity contribution in [1.82, 2.24) is 0 Å². The van der Waals surface area contributed by atoms with Crippen LogP contribution in [0.5, 0.6) is 0 Å². The van der Waals surface area contributed by atoms with Crippen molar-refractivity contribution in [1.29, 1.82) is 0 Å². The molecular weight excluding hydrogens is 527 g/mol. The molecule has 0 saturated carbocycles. The number of fused-ring (bicyclic) bond motifs is 3. The Morgan fingerprint density at radius 3 is 1.36 bits per heavy atom. The van der Waals surface area contributed by atoms with Gasteiger partial charge in [0.2, 0.25) is 0 Å². The Kier molecular flexibility index (Phi) is 7.23. The molecule has 3 aromatic rings. The lowest BCUT2D eigenvalue weighted by atomic mass is 10.0. The highest BCUT2D eigenvalue weighted by molar-refractivity contribution is 6.31. The average Bonchev–Trinajstić information content (AvgIpc) is 3.29. The van der Waals surface area contributed by atoms with Crippen molar-refractivity contribution in [3.8, 4) is 0 Å². The Bertz CT molecular complexity index is 1180. The van der Waals surface area contributed by atoms with E-state index in [2.05, 4.69) is 0 Å². The monoisotopic (exact) mass is 548 g/mol. The van der Waals surface area contributed by atoms with Gasteiger partial charge in [0.05, 0.1) is 13.2 Å². The van der Waals surface area contributed by atoms with Crippen LogP contribution < -0.4 is 0 Å². The van der Waals surface area contributed by atoms with Crippen molar-refractivity contribution in [2.75, 3.05) is 13.2 Å². The van der Waals surface area contributed by atoms with Gasteiger partial charge in [-0.15, -0.1) is 0 Å². The van der Waals surface area contributed by atoms with Crippen LogP contribution in [0.4, 0.5) is 0 Å². The number of halogens is 3. The summed E-state index contributed by atoms with van der Waals surface area (Å²) >= 11 is 18.7. The van der Waals surface area contributed by atoms with Crippen LogP contribution in [0.2, 0.25) is 15.1 Å². The molecule has 36 heavy (non-hydrogen) atoms. The van der Waals surface area contributed by atoms with Crippen molar-refractivity contribution >= 4 is 34.8 Å². The smallest absolute Gasteiger partial charge is 0.185 e. The van der Waals surface area contributed by atoms with Gasteiger partial charge in [0, 0.05) is 31.8 Å². The summed E-state index contributed by atoms with van der Waals surface area (Å²) in [6.07, 6.45) is -3.80. The van der Waals surface area contributed by atoms with Crippen LogP contribution in [-0.4, -0.2) is 37.6 Å². The first kappa shape index (κ1) is 24.6. The lowest BCUT2D eigenvalue weighted by Gasteiger charge is -2.42. The van der Waals surface area contributed by atoms with Gasteiger partial charge in [-0.25, -0.2) is 0 Å². The van der Waals surface area contributed by atoms with E-state index in [4.69, 9.17) is 63.2 Å². The molecule has 0 radical (unpaired) electrons. The molecule has 6 rings (SSSR count). The molecule has 6 nitrogen and oxygen atoms in total. The summed E-state index contributed by atoms with van der Waals surface area (Å²) in [6.45, 7) is 0.491. The lowest BCUT2D eigenvalue weighted by molar-refractivity contribution is -0.324. The SMILES string of the molecule is Clc1cccc(C2OC[C@H]3OC(c4cccc(Cl)c4)OC[C@@H]4OC(c5cccc(Cl)c5)O[C@@H]4[C@H]3O2)c1. The fourth-order valence-electron chi connectivity index (χ4n) is 4.72. The van der Waals surface area contributed by atoms with Gasteiger partial charge in [-0.1, -0.05) is 71.2 Å². The molecule has 7 atom stereocenters. The van der Waals surface area contributed by atoms with E-state index < -0.39 is 43.3 Å². The first-order valence-corrected chi connectivity index (χ1v) is 12.8. The molecule has 188 valence electrons. The number of rotatable bonds is 3. The van der Waals surface area contributed by atoms with Crippen molar-refractivity contribution in [2.45, 2.75) is 43.3 Å². The first-order chi connectivity index (χ1) is 17.5. The van der Waals surface area contributed by atoms with E-state index in [1.165, 1.54) is 0 Å². The average molecular weight is 550 g/mol. The van der Waals surface area contributed by atoms with Crippen molar-refractivity contribution in [2.24, 2.45) is 0 Å². The van der Waals surface area contributed by atoms with Gasteiger partial charge in [-0.05, 0) is 36.4 Å². The number of hydrogen-bond donors (Lipinski definition) is 0. The molecule has 0 amide bonds. The van der Waals surface area contributed by atoms with Gasteiger partial charge in [0.25, 0.3) is 0 Å². The first-order valence-electron chi connectivity index (χ1n) is 11.6. The largest absolute Gasteiger partial charge is 0.346 e. The van der Waals surface area contributed by atoms with Crippen LogP contribution in [0.3, 0.4) is 0 Å². The second kappa shape index (κ2) is 10.6. The highest BCUT2D eigenvalue weighted by atomic mass is 35.5. The molecule has 9 heteroatoms. The molecule has 3 aliphatic rings. The number of hydrogen-bond acceptors (Lipinski definition) is 6. The van der Waals surface area contributed by atoms with E-state index in [0.717, 1.165) is 16.7 Å². The third-order valence-electron chi connectivity index (χ3n) is 6.40. The second-order valence-corrected chi connectivity index (χ2v) is 10.2. The fraction of sp³-hybridized carbons (Fsp3) is 0.333. The molecule has 0 N–H and O–H groups in total. The van der Waals surface area contributed by atoms with Crippen LogP contribution in [0.15, 0.2) is 72.8 Å². The van der Waals surface area contributed by atoms with Crippen molar-refractivity contribution in [3.05, 3.63) is 105 Å². The van der Waals surface area contributed by atoms with E-state index >= 15 is 0 Å². The zero-order chi connectivity index (χ0) is 24.6.